The molecule has 2 atom stereocenters. The maximum Gasteiger partial charge on any atom is 0.126 e. The predicted molar refractivity (Wildman–Crippen MR) is 84.2 cm³/mol. The molecule has 20 heavy (non-hydrogen) atoms. The van der Waals surface area contributed by atoms with Crippen molar-refractivity contribution >= 4 is 15.9 Å². The highest BCUT2D eigenvalue weighted by atomic mass is 79.9. The van der Waals surface area contributed by atoms with Crippen LogP contribution in [0.4, 0.5) is 4.39 Å². The molecular formula is C17H23BrFN. The van der Waals surface area contributed by atoms with E-state index in [0.29, 0.717) is 6.04 Å². The smallest absolute Gasteiger partial charge is 0.126 e. The fourth-order valence-corrected chi connectivity index (χ4v) is 4.27. The summed E-state index contributed by atoms with van der Waals surface area (Å²) in [4.78, 5) is 0. The van der Waals surface area contributed by atoms with Gasteiger partial charge in [0.1, 0.15) is 5.82 Å². The molecule has 0 radical (unpaired) electrons. The van der Waals surface area contributed by atoms with Crippen LogP contribution in [0.2, 0.25) is 0 Å². The summed E-state index contributed by atoms with van der Waals surface area (Å²) in [7, 11) is 0. The highest BCUT2D eigenvalue weighted by Gasteiger charge is 2.53. The molecule has 0 heterocycles. The number of hydrogen-bond acceptors (Lipinski definition) is 1. The molecule has 0 saturated heterocycles. The Hall–Kier alpha value is -0.410. The van der Waals surface area contributed by atoms with Crippen LogP contribution in [0.1, 0.15) is 38.7 Å². The Morgan fingerprint density at radius 2 is 2.05 bits per heavy atom. The molecule has 2 fully saturated rings. The predicted octanol–water partition coefficient (Wildman–Crippen LogP) is 4.55. The van der Waals surface area contributed by atoms with Gasteiger partial charge >= 0.3 is 0 Å². The van der Waals surface area contributed by atoms with Gasteiger partial charge in [0.2, 0.25) is 0 Å². The van der Waals surface area contributed by atoms with Crippen LogP contribution in [0.5, 0.6) is 0 Å². The maximum atomic E-state index is 14.1. The van der Waals surface area contributed by atoms with Crippen molar-refractivity contribution in [3.63, 3.8) is 0 Å². The molecule has 110 valence electrons. The lowest BCUT2D eigenvalue weighted by Gasteiger charge is -2.32. The molecule has 3 rings (SSSR count). The molecule has 1 N–H and O–H groups in total. The van der Waals surface area contributed by atoms with Crippen molar-refractivity contribution in [1.82, 2.24) is 5.32 Å². The van der Waals surface area contributed by atoms with Crippen LogP contribution in [0.25, 0.3) is 0 Å². The van der Waals surface area contributed by atoms with Crippen LogP contribution in [-0.4, -0.2) is 12.6 Å². The molecule has 0 aromatic heterocycles. The summed E-state index contributed by atoms with van der Waals surface area (Å²) in [6.45, 7) is 5.38. The Bertz CT molecular complexity index is 490. The highest BCUT2D eigenvalue weighted by Crippen LogP contribution is 2.60. The average Bonchev–Trinajstić information content (AvgIpc) is 3.00. The number of rotatable bonds is 5. The van der Waals surface area contributed by atoms with E-state index in [1.165, 1.54) is 19.3 Å². The van der Waals surface area contributed by atoms with Gasteiger partial charge in [-0.15, -0.1) is 0 Å². The molecule has 1 aromatic carbocycles. The van der Waals surface area contributed by atoms with E-state index in [1.54, 1.807) is 12.1 Å². The number of benzene rings is 1. The topological polar surface area (TPSA) is 12.0 Å². The van der Waals surface area contributed by atoms with Gasteiger partial charge in [0, 0.05) is 17.1 Å². The van der Waals surface area contributed by atoms with E-state index in [-0.39, 0.29) is 11.2 Å². The normalized spacial score (nSPS) is 31.6. The minimum absolute atomic E-state index is 0.0577. The Morgan fingerprint density at radius 3 is 2.70 bits per heavy atom. The zero-order chi connectivity index (χ0) is 14.3. The average molecular weight is 340 g/mol. The van der Waals surface area contributed by atoms with E-state index >= 15 is 0 Å². The summed E-state index contributed by atoms with van der Waals surface area (Å²) in [5.74, 6) is 1.77. The van der Waals surface area contributed by atoms with Crippen molar-refractivity contribution in [3.8, 4) is 0 Å². The van der Waals surface area contributed by atoms with Crippen LogP contribution >= 0.6 is 15.9 Å². The first-order valence-electron chi connectivity index (χ1n) is 7.65. The number of hydrogen-bond donors (Lipinski definition) is 1. The highest BCUT2D eigenvalue weighted by molar-refractivity contribution is 9.10. The van der Waals surface area contributed by atoms with Gasteiger partial charge in [-0.2, -0.15) is 0 Å². The van der Waals surface area contributed by atoms with E-state index in [9.17, 15) is 4.39 Å². The quantitative estimate of drug-likeness (QED) is 0.829. The summed E-state index contributed by atoms with van der Waals surface area (Å²) < 4.78 is 15.0. The summed E-state index contributed by atoms with van der Waals surface area (Å²) in [5, 5.41) is 3.59. The van der Waals surface area contributed by atoms with E-state index in [4.69, 9.17) is 0 Å². The van der Waals surface area contributed by atoms with Gasteiger partial charge in [0.25, 0.3) is 0 Å². The summed E-state index contributed by atoms with van der Waals surface area (Å²) in [5.41, 5.74) is 1.13. The lowest BCUT2D eigenvalue weighted by molar-refractivity contribution is 0.239. The van der Waals surface area contributed by atoms with Crippen molar-refractivity contribution in [2.45, 2.75) is 45.6 Å². The first-order chi connectivity index (χ1) is 9.47. The van der Waals surface area contributed by atoms with Crippen molar-refractivity contribution in [2.75, 3.05) is 6.54 Å². The number of halogens is 2. The first kappa shape index (κ1) is 14.5. The van der Waals surface area contributed by atoms with E-state index < -0.39 is 0 Å². The third kappa shape index (κ3) is 3.09. The number of fused-ring (bicyclic) bond motifs is 1. The van der Waals surface area contributed by atoms with Gasteiger partial charge < -0.3 is 5.32 Å². The fourth-order valence-electron chi connectivity index (χ4n) is 3.86. The van der Waals surface area contributed by atoms with Crippen LogP contribution in [0.3, 0.4) is 0 Å². The van der Waals surface area contributed by atoms with E-state index in [0.717, 1.165) is 34.8 Å². The lowest BCUT2D eigenvalue weighted by Crippen LogP contribution is -2.38. The van der Waals surface area contributed by atoms with E-state index in [2.05, 4.69) is 35.1 Å². The zero-order valence-corrected chi connectivity index (χ0v) is 13.8. The minimum atomic E-state index is -0.0577. The lowest BCUT2D eigenvalue weighted by atomic mass is 9.77. The molecule has 1 nitrogen and oxygen atoms in total. The van der Waals surface area contributed by atoms with Gasteiger partial charge in [-0.1, -0.05) is 29.8 Å². The monoisotopic (exact) mass is 339 g/mol. The molecule has 0 amide bonds. The van der Waals surface area contributed by atoms with Crippen LogP contribution in [-0.2, 0) is 6.42 Å². The van der Waals surface area contributed by atoms with Crippen LogP contribution in [0, 0.1) is 23.1 Å². The molecule has 2 saturated carbocycles. The third-order valence-electron chi connectivity index (χ3n) is 4.92. The van der Waals surface area contributed by atoms with Gasteiger partial charge in [0.15, 0.2) is 0 Å². The van der Waals surface area contributed by atoms with Crippen molar-refractivity contribution in [3.05, 3.63) is 34.1 Å². The molecule has 0 spiro atoms. The number of nitrogens with one attached hydrogen (secondary N) is 1. The minimum Gasteiger partial charge on any atom is -0.314 e. The maximum absolute atomic E-state index is 14.1. The summed E-state index contributed by atoms with van der Waals surface area (Å²) >= 11 is 3.46. The van der Waals surface area contributed by atoms with Crippen LogP contribution < -0.4 is 5.32 Å². The van der Waals surface area contributed by atoms with Gasteiger partial charge in [-0.05, 0) is 66.7 Å². The fraction of sp³-hybridized carbons (Fsp3) is 0.647. The second-order valence-electron chi connectivity index (χ2n) is 7.11. The summed E-state index contributed by atoms with van der Waals surface area (Å²) in [6.07, 6.45) is 4.81. The Kier molecular flexibility index (Phi) is 3.93. The SMILES string of the molecule is CC(C)NCC1(Cc2cc(Br)ccc2F)CC2CC2C1. The second-order valence-corrected chi connectivity index (χ2v) is 8.03. The zero-order valence-electron chi connectivity index (χ0n) is 12.3. The van der Waals surface area contributed by atoms with Crippen molar-refractivity contribution in [2.24, 2.45) is 17.3 Å². The van der Waals surface area contributed by atoms with Crippen molar-refractivity contribution in [1.29, 1.82) is 0 Å². The van der Waals surface area contributed by atoms with Gasteiger partial charge in [-0.3, -0.25) is 0 Å². The first-order valence-corrected chi connectivity index (χ1v) is 8.44. The standard InChI is InChI=1S/C17H23BrFN/c1-11(2)20-10-17(7-12-5-13(12)8-17)9-14-6-15(18)3-4-16(14)19/h3-4,6,11-13,20H,5,7-10H2,1-2H3. The van der Waals surface area contributed by atoms with Gasteiger partial charge in [0.05, 0.1) is 0 Å². The van der Waals surface area contributed by atoms with Crippen molar-refractivity contribution < 1.29 is 4.39 Å². The Labute approximate surface area is 129 Å². The molecule has 3 heteroatoms. The second kappa shape index (κ2) is 5.42. The molecule has 0 bridgehead atoms. The third-order valence-corrected chi connectivity index (χ3v) is 5.41. The van der Waals surface area contributed by atoms with Gasteiger partial charge in [-0.25, -0.2) is 4.39 Å². The summed E-state index contributed by atoms with van der Waals surface area (Å²) in [6, 6.07) is 5.81. The van der Waals surface area contributed by atoms with Crippen LogP contribution in [0.15, 0.2) is 22.7 Å². The molecule has 0 aliphatic heterocycles. The molecular weight excluding hydrogens is 317 g/mol. The molecule has 1 aromatic rings. The Balaban J connectivity index is 1.77. The largest absolute Gasteiger partial charge is 0.314 e. The van der Waals surface area contributed by atoms with E-state index in [1.807, 2.05) is 6.07 Å². The molecule has 2 unspecified atom stereocenters. The molecule has 2 aliphatic carbocycles. The molecule has 2 aliphatic rings. The Morgan fingerprint density at radius 1 is 1.35 bits per heavy atom.